The van der Waals surface area contributed by atoms with Crippen LogP contribution in [-0.2, 0) is 0 Å². The molecule has 4 rings (SSSR count). The lowest BCUT2D eigenvalue weighted by atomic mass is 10.1. The molecule has 1 aliphatic heterocycles. The van der Waals surface area contributed by atoms with Crippen molar-refractivity contribution < 1.29 is 4.79 Å². The highest BCUT2D eigenvalue weighted by Gasteiger charge is 2.25. The fourth-order valence-electron chi connectivity index (χ4n) is 4.42. The number of aryl methyl sites for hydroxylation is 2. The number of carbonyl (C=O) groups excluding carboxylic acids is 1. The Bertz CT molecular complexity index is 883. The first-order valence-electron chi connectivity index (χ1n) is 10.7. The maximum absolute atomic E-state index is 13.1. The summed E-state index contributed by atoms with van der Waals surface area (Å²) in [5.41, 5.74) is 4.40. The van der Waals surface area contributed by atoms with E-state index in [9.17, 15) is 4.79 Å². The highest BCUT2D eigenvalue weighted by molar-refractivity contribution is 5.93. The molecule has 1 N–H and O–H groups in total. The summed E-state index contributed by atoms with van der Waals surface area (Å²) < 4.78 is 0. The molecule has 1 saturated heterocycles. The van der Waals surface area contributed by atoms with Crippen LogP contribution >= 0.6 is 0 Å². The van der Waals surface area contributed by atoms with Crippen molar-refractivity contribution in [3.05, 3.63) is 46.9 Å². The van der Waals surface area contributed by atoms with Crippen molar-refractivity contribution in [2.24, 2.45) is 0 Å². The summed E-state index contributed by atoms with van der Waals surface area (Å²) in [7, 11) is 0. The summed E-state index contributed by atoms with van der Waals surface area (Å²) in [6.45, 7) is 9.27. The lowest BCUT2D eigenvalue weighted by Gasteiger charge is -2.37. The molecule has 2 fully saturated rings. The second-order valence-electron chi connectivity index (χ2n) is 8.31. The van der Waals surface area contributed by atoms with Crippen molar-refractivity contribution >= 4 is 17.4 Å². The Morgan fingerprint density at radius 3 is 2.48 bits per heavy atom. The standard InChI is InChI=1S/C23H31N5O/c1-16-7-6-10-21(17(16)2)27-11-13-28(14-12-27)23(29)20-15-22(25-18(3)24-20)26-19-8-4-5-9-19/h6-7,10,15,19H,4-5,8-9,11-14H2,1-3H3,(H,24,25,26). The minimum atomic E-state index is 0.00517. The molecule has 2 heterocycles. The number of anilines is 2. The van der Waals surface area contributed by atoms with E-state index in [1.165, 1.54) is 42.5 Å². The fourth-order valence-corrected chi connectivity index (χ4v) is 4.42. The number of amides is 1. The van der Waals surface area contributed by atoms with Gasteiger partial charge in [-0.25, -0.2) is 9.97 Å². The first-order chi connectivity index (χ1) is 14.0. The second kappa shape index (κ2) is 8.39. The SMILES string of the molecule is Cc1nc(NC2CCCC2)cc(C(=O)N2CCN(c3cccc(C)c3C)CC2)n1. The molecule has 0 bridgehead atoms. The van der Waals surface area contributed by atoms with Crippen LogP contribution in [0.25, 0.3) is 0 Å². The molecule has 0 spiro atoms. The second-order valence-corrected chi connectivity index (χ2v) is 8.31. The molecule has 0 unspecified atom stereocenters. The van der Waals surface area contributed by atoms with Gasteiger partial charge in [0.15, 0.2) is 0 Å². The molecule has 6 nitrogen and oxygen atoms in total. The molecule has 0 atom stereocenters. The van der Waals surface area contributed by atoms with Crippen LogP contribution in [-0.4, -0.2) is 53.0 Å². The van der Waals surface area contributed by atoms with E-state index in [1.807, 2.05) is 17.9 Å². The summed E-state index contributed by atoms with van der Waals surface area (Å²) >= 11 is 0. The number of nitrogens with zero attached hydrogens (tertiary/aromatic N) is 4. The minimum Gasteiger partial charge on any atom is -0.368 e. The number of benzene rings is 1. The van der Waals surface area contributed by atoms with E-state index in [4.69, 9.17) is 0 Å². The number of nitrogens with one attached hydrogen (secondary N) is 1. The third-order valence-corrected chi connectivity index (χ3v) is 6.25. The van der Waals surface area contributed by atoms with Gasteiger partial charge in [0.25, 0.3) is 5.91 Å². The average molecular weight is 394 g/mol. The molecule has 2 aliphatic rings. The van der Waals surface area contributed by atoms with E-state index < -0.39 is 0 Å². The lowest BCUT2D eigenvalue weighted by Crippen LogP contribution is -2.49. The Labute approximate surface area is 173 Å². The molecule has 1 aromatic carbocycles. The minimum absolute atomic E-state index is 0.00517. The van der Waals surface area contributed by atoms with E-state index >= 15 is 0 Å². The zero-order chi connectivity index (χ0) is 20.4. The maximum atomic E-state index is 13.1. The Morgan fingerprint density at radius 2 is 1.76 bits per heavy atom. The van der Waals surface area contributed by atoms with Crippen molar-refractivity contribution in [2.75, 3.05) is 36.4 Å². The fraction of sp³-hybridized carbons (Fsp3) is 0.522. The van der Waals surface area contributed by atoms with E-state index in [2.05, 4.69) is 52.2 Å². The van der Waals surface area contributed by atoms with Crippen LogP contribution in [0.4, 0.5) is 11.5 Å². The molecule has 154 valence electrons. The van der Waals surface area contributed by atoms with Crippen LogP contribution < -0.4 is 10.2 Å². The summed E-state index contributed by atoms with van der Waals surface area (Å²) in [4.78, 5) is 26.3. The molecule has 29 heavy (non-hydrogen) atoms. The monoisotopic (exact) mass is 393 g/mol. The predicted octanol–water partition coefficient (Wildman–Crippen LogP) is 3.72. The Kier molecular flexibility index (Phi) is 5.69. The van der Waals surface area contributed by atoms with Gasteiger partial charge in [-0.1, -0.05) is 25.0 Å². The molecule has 1 aliphatic carbocycles. The normalized spacial score (nSPS) is 17.6. The van der Waals surface area contributed by atoms with Crippen LogP contribution in [0.15, 0.2) is 24.3 Å². The largest absolute Gasteiger partial charge is 0.368 e. The van der Waals surface area contributed by atoms with Crippen molar-refractivity contribution in [3.8, 4) is 0 Å². The van der Waals surface area contributed by atoms with Gasteiger partial charge in [-0.15, -0.1) is 0 Å². The quantitative estimate of drug-likeness (QED) is 0.858. The first-order valence-corrected chi connectivity index (χ1v) is 10.7. The summed E-state index contributed by atoms with van der Waals surface area (Å²) in [5, 5.41) is 3.49. The van der Waals surface area contributed by atoms with Gasteiger partial charge in [0.2, 0.25) is 0 Å². The number of aromatic nitrogens is 2. The van der Waals surface area contributed by atoms with Crippen molar-refractivity contribution in [1.29, 1.82) is 0 Å². The van der Waals surface area contributed by atoms with Gasteiger partial charge in [-0.2, -0.15) is 0 Å². The van der Waals surface area contributed by atoms with Crippen LogP contribution in [0.3, 0.4) is 0 Å². The van der Waals surface area contributed by atoms with E-state index in [-0.39, 0.29) is 5.91 Å². The van der Waals surface area contributed by atoms with Crippen LogP contribution in [0.5, 0.6) is 0 Å². The summed E-state index contributed by atoms with van der Waals surface area (Å²) in [6.07, 6.45) is 4.87. The van der Waals surface area contributed by atoms with Gasteiger partial charge in [0, 0.05) is 44.0 Å². The van der Waals surface area contributed by atoms with Gasteiger partial charge < -0.3 is 15.1 Å². The van der Waals surface area contributed by atoms with Gasteiger partial charge in [0.05, 0.1) is 0 Å². The molecule has 6 heteroatoms. The van der Waals surface area contributed by atoms with E-state index in [0.29, 0.717) is 30.6 Å². The van der Waals surface area contributed by atoms with Gasteiger partial charge in [-0.3, -0.25) is 4.79 Å². The lowest BCUT2D eigenvalue weighted by molar-refractivity contribution is 0.0740. The number of carbonyl (C=O) groups is 1. The average Bonchev–Trinajstić information content (AvgIpc) is 3.22. The van der Waals surface area contributed by atoms with Crippen molar-refractivity contribution in [2.45, 2.75) is 52.5 Å². The highest BCUT2D eigenvalue weighted by Crippen LogP contribution is 2.25. The predicted molar refractivity (Wildman–Crippen MR) is 117 cm³/mol. The topological polar surface area (TPSA) is 61.4 Å². The molecular formula is C23H31N5O. The molecule has 1 aromatic heterocycles. The Balaban J connectivity index is 1.43. The maximum Gasteiger partial charge on any atom is 0.272 e. The molecule has 0 radical (unpaired) electrons. The van der Waals surface area contributed by atoms with E-state index in [1.54, 1.807) is 0 Å². The number of hydrogen-bond acceptors (Lipinski definition) is 5. The van der Waals surface area contributed by atoms with Crippen LogP contribution in [0.2, 0.25) is 0 Å². The van der Waals surface area contributed by atoms with Crippen molar-refractivity contribution in [3.63, 3.8) is 0 Å². The van der Waals surface area contributed by atoms with E-state index in [0.717, 1.165) is 18.9 Å². The van der Waals surface area contributed by atoms with Gasteiger partial charge in [0.1, 0.15) is 17.3 Å². The van der Waals surface area contributed by atoms with Crippen molar-refractivity contribution in [1.82, 2.24) is 14.9 Å². The third kappa shape index (κ3) is 4.36. The molecule has 1 amide bonds. The Morgan fingerprint density at radius 1 is 1.03 bits per heavy atom. The smallest absolute Gasteiger partial charge is 0.272 e. The zero-order valence-electron chi connectivity index (χ0n) is 17.7. The molecule has 2 aromatic rings. The van der Waals surface area contributed by atoms with Crippen LogP contribution in [0.1, 0.15) is 53.1 Å². The third-order valence-electron chi connectivity index (χ3n) is 6.25. The summed E-state index contributed by atoms with van der Waals surface area (Å²) in [5.74, 6) is 1.43. The summed E-state index contributed by atoms with van der Waals surface area (Å²) in [6, 6.07) is 8.72. The highest BCUT2D eigenvalue weighted by atomic mass is 16.2. The number of rotatable bonds is 4. The zero-order valence-corrected chi connectivity index (χ0v) is 17.7. The Hall–Kier alpha value is -2.63. The number of piperazine rings is 1. The van der Waals surface area contributed by atoms with Crippen LogP contribution in [0, 0.1) is 20.8 Å². The first kappa shape index (κ1) is 19.7. The number of hydrogen-bond donors (Lipinski definition) is 1. The molecule has 1 saturated carbocycles. The van der Waals surface area contributed by atoms with Gasteiger partial charge in [-0.05, 0) is 50.8 Å². The van der Waals surface area contributed by atoms with Gasteiger partial charge >= 0.3 is 0 Å². The molecular weight excluding hydrogens is 362 g/mol.